The second-order valence-corrected chi connectivity index (χ2v) is 9.08. The van der Waals surface area contributed by atoms with Crippen LogP contribution in [-0.4, -0.2) is 11.1 Å². The van der Waals surface area contributed by atoms with Crippen LogP contribution in [0.25, 0.3) is 0 Å². The third-order valence-electron chi connectivity index (χ3n) is 7.88. The highest BCUT2D eigenvalue weighted by atomic mass is 16.4. The van der Waals surface area contributed by atoms with Crippen molar-refractivity contribution in [3.05, 3.63) is 36.5 Å². The maximum atomic E-state index is 11.6. The molecule has 0 amide bonds. The molecule has 2 heteroatoms. The minimum Gasteiger partial charge on any atom is -0.481 e. The average Bonchev–Trinajstić information content (AvgIpc) is 2.98. The molecule has 4 aliphatic carbocycles. The third-order valence-corrected chi connectivity index (χ3v) is 7.88. The number of carbonyl (C=O) groups is 1. The molecular weight excluding hydrogens is 320 g/mol. The lowest BCUT2D eigenvalue weighted by Gasteiger charge is -2.54. The molecule has 2 fully saturated rings. The van der Waals surface area contributed by atoms with Gasteiger partial charge in [0.15, 0.2) is 0 Å². The van der Waals surface area contributed by atoms with Crippen molar-refractivity contribution in [2.24, 2.45) is 47.3 Å². The van der Waals surface area contributed by atoms with Crippen molar-refractivity contribution in [2.45, 2.75) is 58.3 Å². The Labute approximate surface area is 158 Å². The molecule has 4 aliphatic rings. The van der Waals surface area contributed by atoms with E-state index in [1.165, 1.54) is 51.4 Å². The summed E-state index contributed by atoms with van der Waals surface area (Å²) in [6, 6.07) is 0. The number of rotatable bonds is 9. The third kappa shape index (κ3) is 3.10. The lowest BCUT2D eigenvalue weighted by atomic mass is 9.50. The van der Waals surface area contributed by atoms with Crippen molar-refractivity contribution >= 4 is 5.97 Å². The topological polar surface area (TPSA) is 37.3 Å². The van der Waals surface area contributed by atoms with Crippen LogP contribution >= 0.6 is 0 Å². The van der Waals surface area contributed by atoms with Crippen LogP contribution < -0.4 is 0 Å². The Morgan fingerprint density at radius 3 is 2.58 bits per heavy atom. The summed E-state index contributed by atoms with van der Waals surface area (Å²) in [6.45, 7) is 2.10. The standard InChI is InChI=1S/C24H34O2/c1-2-3-4-5-6-7-8-9-10-17-18-13-14-19-20(24(25)26)12-11-16-15-21(17)23(18)22(16)19/h2-3,11-14,16-23H,4-10,15H2,1H3,(H,25,26). The van der Waals surface area contributed by atoms with Crippen LogP contribution in [0.15, 0.2) is 36.5 Å². The molecule has 0 aromatic rings. The van der Waals surface area contributed by atoms with E-state index in [-0.39, 0.29) is 11.8 Å². The quantitative estimate of drug-likeness (QED) is 0.416. The van der Waals surface area contributed by atoms with E-state index in [4.69, 9.17) is 0 Å². The van der Waals surface area contributed by atoms with E-state index in [9.17, 15) is 9.90 Å². The molecular formula is C24H34O2. The highest BCUT2D eigenvalue weighted by Gasteiger charge is 2.62. The molecule has 8 atom stereocenters. The van der Waals surface area contributed by atoms with Crippen LogP contribution in [-0.2, 0) is 4.79 Å². The van der Waals surface area contributed by atoms with Crippen molar-refractivity contribution in [3.8, 4) is 0 Å². The molecule has 2 saturated carbocycles. The smallest absolute Gasteiger partial charge is 0.310 e. The molecule has 0 heterocycles. The van der Waals surface area contributed by atoms with Gasteiger partial charge in [-0.15, -0.1) is 0 Å². The fourth-order valence-corrected chi connectivity index (χ4v) is 6.77. The first-order chi connectivity index (χ1) is 12.7. The number of hydrogen-bond donors (Lipinski definition) is 1. The number of hydrogen-bond acceptors (Lipinski definition) is 1. The van der Waals surface area contributed by atoms with Gasteiger partial charge in [-0.1, -0.05) is 62.1 Å². The summed E-state index contributed by atoms with van der Waals surface area (Å²) in [4.78, 5) is 11.6. The lowest BCUT2D eigenvalue weighted by molar-refractivity contribution is -0.143. The summed E-state index contributed by atoms with van der Waals surface area (Å²) in [6.07, 6.45) is 24.2. The van der Waals surface area contributed by atoms with Gasteiger partial charge in [-0.2, -0.15) is 0 Å². The molecule has 0 aliphatic heterocycles. The maximum absolute atomic E-state index is 11.6. The Kier molecular flexibility index (Phi) is 5.38. The van der Waals surface area contributed by atoms with E-state index in [2.05, 4.69) is 37.3 Å². The van der Waals surface area contributed by atoms with Gasteiger partial charge in [0.2, 0.25) is 0 Å². The van der Waals surface area contributed by atoms with Gasteiger partial charge in [0.05, 0.1) is 5.92 Å². The Bertz CT molecular complexity index is 601. The molecule has 0 bridgehead atoms. The lowest BCUT2D eigenvalue weighted by Crippen LogP contribution is -2.50. The summed E-state index contributed by atoms with van der Waals surface area (Å²) in [7, 11) is 0. The van der Waals surface area contributed by atoms with E-state index < -0.39 is 5.97 Å². The molecule has 142 valence electrons. The molecule has 0 aromatic carbocycles. The second-order valence-electron chi connectivity index (χ2n) is 9.08. The Hall–Kier alpha value is -1.31. The first kappa shape index (κ1) is 18.1. The van der Waals surface area contributed by atoms with Gasteiger partial charge in [0, 0.05) is 0 Å². The normalized spacial score (nSPS) is 42.0. The predicted octanol–water partition coefficient (Wildman–Crippen LogP) is 5.86. The minimum absolute atomic E-state index is 0.256. The number of carboxylic acids is 1. The van der Waals surface area contributed by atoms with Gasteiger partial charge in [-0.3, -0.25) is 4.79 Å². The highest BCUT2D eigenvalue weighted by Crippen LogP contribution is 2.67. The molecule has 1 N–H and O–H groups in total. The minimum atomic E-state index is -0.637. The predicted molar refractivity (Wildman–Crippen MR) is 106 cm³/mol. The van der Waals surface area contributed by atoms with Crippen LogP contribution in [0.4, 0.5) is 0 Å². The largest absolute Gasteiger partial charge is 0.481 e. The summed E-state index contributed by atoms with van der Waals surface area (Å²) in [5.41, 5.74) is 0. The number of carboxylic acid groups (broad SMARTS) is 1. The number of unbranched alkanes of at least 4 members (excludes halogenated alkanes) is 5. The SMILES string of the molecule is CC=CCCCCCCCC1C2C=CC3C(C(=O)O)C=CC4CC1C2C43. The first-order valence-electron chi connectivity index (χ1n) is 10.9. The molecule has 0 radical (unpaired) electrons. The molecule has 0 saturated heterocycles. The Balaban J connectivity index is 1.28. The van der Waals surface area contributed by atoms with Gasteiger partial charge >= 0.3 is 5.97 Å². The zero-order valence-corrected chi connectivity index (χ0v) is 16.1. The van der Waals surface area contributed by atoms with Gasteiger partial charge in [-0.05, 0) is 74.0 Å². The highest BCUT2D eigenvalue weighted by molar-refractivity contribution is 5.73. The van der Waals surface area contributed by atoms with Crippen molar-refractivity contribution in [1.82, 2.24) is 0 Å². The van der Waals surface area contributed by atoms with Crippen LogP contribution in [0, 0.1) is 47.3 Å². The molecule has 0 aromatic heterocycles. The molecule has 0 spiro atoms. The second kappa shape index (κ2) is 7.74. The zero-order chi connectivity index (χ0) is 18.1. The van der Waals surface area contributed by atoms with E-state index in [0.29, 0.717) is 11.8 Å². The number of allylic oxidation sites excluding steroid dienone is 5. The average molecular weight is 355 g/mol. The van der Waals surface area contributed by atoms with E-state index in [1.54, 1.807) is 0 Å². The molecule has 8 unspecified atom stereocenters. The van der Waals surface area contributed by atoms with Crippen molar-refractivity contribution in [3.63, 3.8) is 0 Å². The van der Waals surface area contributed by atoms with E-state index >= 15 is 0 Å². The van der Waals surface area contributed by atoms with Gasteiger partial charge < -0.3 is 5.11 Å². The maximum Gasteiger partial charge on any atom is 0.310 e. The summed E-state index contributed by atoms with van der Waals surface area (Å²) < 4.78 is 0. The van der Waals surface area contributed by atoms with Crippen molar-refractivity contribution < 1.29 is 9.90 Å². The molecule has 4 rings (SSSR count). The fraction of sp³-hybridized carbons (Fsp3) is 0.708. The molecule has 2 nitrogen and oxygen atoms in total. The van der Waals surface area contributed by atoms with Gasteiger partial charge in [0.1, 0.15) is 0 Å². The number of aliphatic carboxylic acids is 1. The van der Waals surface area contributed by atoms with Crippen molar-refractivity contribution in [1.29, 1.82) is 0 Å². The fourth-order valence-electron chi connectivity index (χ4n) is 6.77. The Morgan fingerprint density at radius 2 is 1.77 bits per heavy atom. The van der Waals surface area contributed by atoms with Gasteiger partial charge in [-0.25, -0.2) is 0 Å². The van der Waals surface area contributed by atoms with Crippen LogP contribution in [0.1, 0.15) is 58.3 Å². The van der Waals surface area contributed by atoms with E-state index in [0.717, 1.165) is 23.7 Å². The Morgan fingerprint density at radius 1 is 1.00 bits per heavy atom. The summed E-state index contributed by atoms with van der Waals surface area (Å²) >= 11 is 0. The first-order valence-corrected chi connectivity index (χ1v) is 10.9. The monoisotopic (exact) mass is 354 g/mol. The summed E-state index contributed by atoms with van der Waals surface area (Å²) in [5, 5.41) is 9.55. The van der Waals surface area contributed by atoms with E-state index in [1.807, 2.05) is 6.08 Å². The molecule has 26 heavy (non-hydrogen) atoms. The van der Waals surface area contributed by atoms with Crippen LogP contribution in [0.2, 0.25) is 0 Å². The van der Waals surface area contributed by atoms with Gasteiger partial charge in [0.25, 0.3) is 0 Å². The summed E-state index contributed by atoms with van der Waals surface area (Å²) in [5.74, 6) is 3.88. The van der Waals surface area contributed by atoms with Crippen LogP contribution in [0.3, 0.4) is 0 Å². The zero-order valence-electron chi connectivity index (χ0n) is 16.1. The van der Waals surface area contributed by atoms with Crippen LogP contribution in [0.5, 0.6) is 0 Å². The van der Waals surface area contributed by atoms with Crippen molar-refractivity contribution in [2.75, 3.05) is 0 Å².